The zero-order valence-electron chi connectivity index (χ0n) is 17.8. The van der Waals surface area contributed by atoms with Gasteiger partial charge in [-0.25, -0.2) is 0 Å². The minimum Gasteiger partial charge on any atom is -0.489 e. The van der Waals surface area contributed by atoms with Gasteiger partial charge in [0.15, 0.2) is 0 Å². The van der Waals surface area contributed by atoms with Gasteiger partial charge >= 0.3 is 0 Å². The summed E-state index contributed by atoms with van der Waals surface area (Å²) in [5, 5.41) is 4.36. The molecule has 4 nitrogen and oxygen atoms in total. The van der Waals surface area contributed by atoms with Crippen molar-refractivity contribution < 1.29 is 9.53 Å². The number of rotatable bonds is 7. The molecule has 1 N–H and O–H groups in total. The molecule has 4 rings (SSSR count). The maximum Gasteiger partial charge on any atom is 0.223 e. The maximum atomic E-state index is 12.1. The van der Waals surface area contributed by atoms with Crippen LogP contribution in [-0.4, -0.2) is 42.6 Å². The normalized spacial score (nSPS) is 26.2. The molecule has 6 heteroatoms. The van der Waals surface area contributed by atoms with Crippen molar-refractivity contribution in [2.24, 2.45) is 11.8 Å². The molecule has 1 aromatic carbocycles. The summed E-state index contributed by atoms with van der Waals surface area (Å²) < 4.78 is 6.10. The van der Waals surface area contributed by atoms with Crippen molar-refractivity contribution in [1.82, 2.24) is 10.2 Å². The van der Waals surface area contributed by atoms with Crippen LogP contribution in [0.3, 0.4) is 0 Å². The van der Waals surface area contributed by atoms with Crippen molar-refractivity contribution in [3.8, 4) is 5.75 Å². The third-order valence-corrected chi connectivity index (χ3v) is 8.07. The molecule has 2 aliphatic carbocycles. The molecule has 0 atom stereocenters. The summed E-state index contributed by atoms with van der Waals surface area (Å²) in [6, 6.07) is 5.98. The first-order chi connectivity index (χ1) is 14.6. The lowest BCUT2D eigenvalue weighted by Crippen LogP contribution is -2.43. The highest BCUT2D eigenvalue weighted by Gasteiger charge is 2.29. The SMILES string of the molecule is O=C(NC1CCC(CCN2CCC(Oc3cccc(Cl)c3Cl)CC2)CC1)C1CCC1. The van der Waals surface area contributed by atoms with Gasteiger partial charge in [-0.15, -0.1) is 0 Å². The van der Waals surface area contributed by atoms with Gasteiger partial charge in [-0.05, 0) is 82.4 Å². The Balaban J connectivity index is 1.11. The first-order valence-corrected chi connectivity index (χ1v) is 12.5. The Morgan fingerprint density at radius 3 is 2.43 bits per heavy atom. The number of benzene rings is 1. The number of piperidine rings is 1. The van der Waals surface area contributed by atoms with Crippen molar-refractivity contribution in [2.45, 2.75) is 76.4 Å². The van der Waals surface area contributed by atoms with E-state index in [-0.39, 0.29) is 6.10 Å². The van der Waals surface area contributed by atoms with Gasteiger partial charge < -0.3 is 15.0 Å². The molecule has 1 amide bonds. The predicted octanol–water partition coefficient (Wildman–Crippen LogP) is 5.70. The number of hydrogen-bond donors (Lipinski definition) is 1. The largest absolute Gasteiger partial charge is 0.489 e. The van der Waals surface area contributed by atoms with Crippen molar-refractivity contribution in [2.75, 3.05) is 19.6 Å². The second-order valence-electron chi connectivity index (χ2n) is 9.35. The number of hydrogen-bond acceptors (Lipinski definition) is 3. The molecule has 0 bridgehead atoms. The Morgan fingerprint density at radius 1 is 1.03 bits per heavy atom. The summed E-state index contributed by atoms with van der Waals surface area (Å²) in [6.07, 6.45) is 11.8. The van der Waals surface area contributed by atoms with E-state index in [0.29, 0.717) is 33.7 Å². The monoisotopic (exact) mass is 452 g/mol. The quantitative estimate of drug-likeness (QED) is 0.576. The predicted molar refractivity (Wildman–Crippen MR) is 122 cm³/mol. The minimum absolute atomic E-state index is 0.215. The molecule has 0 radical (unpaired) electrons. The summed E-state index contributed by atoms with van der Waals surface area (Å²) in [6.45, 7) is 3.33. The van der Waals surface area contributed by atoms with Crippen LogP contribution in [0.15, 0.2) is 18.2 Å². The Morgan fingerprint density at radius 2 is 1.77 bits per heavy atom. The Hall–Kier alpha value is -0.970. The van der Waals surface area contributed by atoms with Gasteiger partial charge in [-0.3, -0.25) is 4.79 Å². The van der Waals surface area contributed by atoms with Crippen LogP contribution in [0.2, 0.25) is 10.0 Å². The Labute approximate surface area is 190 Å². The van der Waals surface area contributed by atoms with E-state index in [1.807, 2.05) is 12.1 Å². The van der Waals surface area contributed by atoms with E-state index in [4.69, 9.17) is 27.9 Å². The van der Waals surface area contributed by atoms with E-state index in [0.717, 1.165) is 57.5 Å². The number of ether oxygens (including phenoxy) is 1. The summed E-state index contributed by atoms with van der Waals surface area (Å²) >= 11 is 12.3. The zero-order chi connectivity index (χ0) is 20.9. The standard InChI is InChI=1S/C24H34Cl2N2O2/c25-21-5-2-6-22(23(21)26)30-20-12-15-28(16-13-20)14-11-17-7-9-19(10-8-17)27-24(29)18-3-1-4-18/h2,5-6,17-20H,1,3-4,7-16H2,(H,27,29). The van der Waals surface area contributed by atoms with Crippen LogP contribution in [0.5, 0.6) is 5.75 Å². The van der Waals surface area contributed by atoms with Crippen LogP contribution < -0.4 is 10.1 Å². The van der Waals surface area contributed by atoms with E-state index in [1.54, 1.807) is 6.07 Å². The molecule has 30 heavy (non-hydrogen) atoms. The van der Waals surface area contributed by atoms with E-state index >= 15 is 0 Å². The number of likely N-dealkylation sites (tertiary alicyclic amines) is 1. The molecule has 0 unspecified atom stereocenters. The fourth-order valence-electron chi connectivity index (χ4n) is 4.96. The molecule has 3 fully saturated rings. The number of amides is 1. The Kier molecular flexibility index (Phi) is 7.83. The molecule has 1 aromatic rings. The third kappa shape index (κ3) is 5.83. The van der Waals surface area contributed by atoms with Crippen LogP contribution in [0.1, 0.15) is 64.2 Å². The van der Waals surface area contributed by atoms with E-state index in [2.05, 4.69) is 10.2 Å². The lowest BCUT2D eigenvalue weighted by atomic mass is 9.82. The number of carbonyl (C=O) groups excluding carboxylic acids is 1. The van der Waals surface area contributed by atoms with Crippen molar-refractivity contribution in [1.29, 1.82) is 0 Å². The lowest BCUT2D eigenvalue weighted by molar-refractivity contribution is -0.128. The van der Waals surface area contributed by atoms with Crippen LogP contribution in [0, 0.1) is 11.8 Å². The van der Waals surface area contributed by atoms with E-state index < -0.39 is 0 Å². The first kappa shape index (κ1) is 22.2. The first-order valence-electron chi connectivity index (χ1n) is 11.7. The highest BCUT2D eigenvalue weighted by atomic mass is 35.5. The van der Waals surface area contributed by atoms with Gasteiger partial charge in [0.2, 0.25) is 5.91 Å². The summed E-state index contributed by atoms with van der Waals surface area (Å²) in [5.74, 6) is 2.13. The molecular weight excluding hydrogens is 419 g/mol. The van der Waals surface area contributed by atoms with Crippen LogP contribution in [0.25, 0.3) is 0 Å². The molecular formula is C24H34Cl2N2O2. The van der Waals surface area contributed by atoms with Crippen LogP contribution >= 0.6 is 23.2 Å². The van der Waals surface area contributed by atoms with Gasteiger partial charge in [0.25, 0.3) is 0 Å². The molecule has 3 aliphatic rings. The van der Waals surface area contributed by atoms with Crippen molar-refractivity contribution in [3.63, 3.8) is 0 Å². The van der Waals surface area contributed by atoms with Gasteiger partial charge in [0.1, 0.15) is 16.9 Å². The van der Waals surface area contributed by atoms with Gasteiger partial charge in [-0.1, -0.05) is 35.7 Å². The van der Waals surface area contributed by atoms with Gasteiger partial charge in [0.05, 0.1) is 5.02 Å². The zero-order valence-corrected chi connectivity index (χ0v) is 19.3. The van der Waals surface area contributed by atoms with E-state index in [9.17, 15) is 4.79 Å². The summed E-state index contributed by atoms with van der Waals surface area (Å²) in [5.41, 5.74) is 0. The average Bonchev–Trinajstić information content (AvgIpc) is 2.71. The molecule has 1 aliphatic heterocycles. The summed E-state index contributed by atoms with van der Waals surface area (Å²) in [7, 11) is 0. The topological polar surface area (TPSA) is 41.6 Å². The minimum atomic E-state index is 0.215. The average molecular weight is 453 g/mol. The smallest absolute Gasteiger partial charge is 0.223 e. The number of halogens is 2. The van der Waals surface area contributed by atoms with E-state index in [1.165, 1.54) is 32.2 Å². The highest BCUT2D eigenvalue weighted by Crippen LogP contribution is 2.34. The number of nitrogens with one attached hydrogen (secondary N) is 1. The molecule has 2 saturated carbocycles. The number of nitrogens with zero attached hydrogens (tertiary/aromatic N) is 1. The van der Waals surface area contributed by atoms with Gasteiger partial charge in [0, 0.05) is 25.0 Å². The van der Waals surface area contributed by atoms with Crippen molar-refractivity contribution >= 4 is 29.1 Å². The second kappa shape index (κ2) is 10.6. The highest BCUT2D eigenvalue weighted by molar-refractivity contribution is 6.42. The fourth-order valence-corrected chi connectivity index (χ4v) is 5.29. The second-order valence-corrected chi connectivity index (χ2v) is 10.1. The maximum absolute atomic E-state index is 12.1. The fraction of sp³-hybridized carbons (Fsp3) is 0.708. The number of carbonyl (C=O) groups is 1. The third-order valence-electron chi connectivity index (χ3n) is 7.27. The summed E-state index contributed by atoms with van der Waals surface area (Å²) in [4.78, 5) is 14.7. The van der Waals surface area contributed by atoms with Crippen molar-refractivity contribution in [3.05, 3.63) is 28.2 Å². The molecule has 1 heterocycles. The molecule has 0 spiro atoms. The molecule has 1 saturated heterocycles. The van der Waals surface area contributed by atoms with Gasteiger partial charge in [-0.2, -0.15) is 0 Å². The molecule has 166 valence electrons. The molecule has 0 aromatic heterocycles. The van der Waals surface area contributed by atoms with Crippen LogP contribution in [-0.2, 0) is 4.79 Å². The van der Waals surface area contributed by atoms with Crippen LogP contribution in [0.4, 0.5) is 0 Å². The lowest BCUT2D eigenvalue weighted by Gasteiger charge is -2.35. The Bertz CT molecular complexity index is 709.